The van der Waals surface area contributed by atoms with E-state index in [2.05, 4.69) is 21.2 Å². The molecule has 0 radical (unpaired) electrons. The van der Waals surface area contributed by atoms with Gasteiger partial charge in [0.25, 0.3) is 0 Å². The molecule has 22 heavy (non-hydrogen) atoms. The molecule has 0 aliphatic carbocycles. The van der Waals surface area contributed by atoms with Crippen LogP contribution in [0.3, 0.4) is 0 Å². The quantitative estimate of drug-likeness (QED) is 0.861. The van der Waals surface area contributed by atoms with Crippen LogP contribution in [-0.2, 0) is 14.6 Å². The van der Waals surface area contributed by atoms with Gasteiger partial charge in [-0.15, -0.1) is 0 Å². The molecule has 5 nitrogen and oxygen atoms in total. The number of anilines is 1. The van der Waals surface area contributed by atoms with Crippen molar-refractivity contribution in [1.82, 2.24) is 0 Å². The van der Waals surface area contributed by atoms with Crippen LogP contribution in [0.15, 0.2) is 57.9 Å². The highest BCUT2D eigenvalue weighted by Crippen LogP contribution is 2.19. The van der Waals surface area contributed by atoms with Crippen LogP contribution in [0.1, 0.15) is 0 Å². The Morgan fingerprint density at radius 1 is 1.18 bits per heavy atom. The van der Waals surface area contributed by atoms with Crippen LogP contribution in [0.25, 0.3) is 0 Å². The maximum atomic E-state index is 12.2. The number of hydrogen-bond donors (Lipinski definition) is 1. The second kappa shape index (κ2) is 6.93. The Labute approximate surface area is 137 Å². The lowest BCUT2D eigenvalue weighted by Gasteiger charge is -2.08. The first-order valence-corrected chi connectivity index (χ1v) is 8.77. The zero-order valence-electron chi connectivity index (χ0n) is 11.7. The molecule has 7 heteroatoms. The molecule has 0 bridgehead atoms. The minimum Gasteiger partial charge on any atom is -0.497 e. The van der Waals surface area contributed by atoms with Crippen LogP contribution in [0.4, 0.5) is 5.69 Å². The zero-order chi connectivity index (χ0) is 16.2. The summed E-state index contributed by atoms with van der Waals surface area (Å²) in [6.07, 6.45) is 0. The Morgan fingerprint density at radius 2 is 1.91 bits per heavy atom. The van der Waals surface area contributed by atoms with Crippen LogP contribution >= 0.6 is 15.9 Å². The van der Waals surface area contributed by atoms with Gasteiger partial charge in [-0.1, -0.05) is 28.1 Å². The predicted octanol–water partition coefficient (Wildman–Crippen LogP) is 2.87. The van der Waals surface area contributed by atoms with Crippen molar-refractivity contribution in [3.63, 3.8) is 0 Å². The highest BCUT2D eigenvalue weighted by molar-refractivity contribution is 9.10. The van der Waals surface area contributed by atoms with E-state index in [0.717, 1.165) is 0 Å². The summed E-state index contributed by atoms with van der Waals surface area (Å²) in [5.74, 6) is -0.651. The molecule has 2 aromatic carbocycles. The van der Waals surface area contributed by atoms with Crippen LogP contribution in [-0.4, -0.2) is 27.2 Å². The molecular formula is C15H14BrNO4S. The number of carbonyl (C=O) groups is 1. The van der Waals surface area contributed by atoms with Crippen LogP contribution in [0.2, 0.25) is 0 Å². The Bertz CT molecular complexity index is 790. The van der Waals surface area contributed by atoms with Gasteiger partial charge in [-0.25, -0.2) is 8.42 Å². The van der Waals surface area contributed by atoms with Crippen LogP contribution in [0.5, 0.6) is 5.75 Å². The molecule has 0 spiro atoms. The van der Waals surface area contributed by atoms with E-state index in [-0.39, 0.29) is 4.90 Å². The molecule has 1 N–H and O–H groups in total. The number of rotatable bonds is 5. The van der Waals surface area contributed by atoms with Crippen molar-refractivity contribution in [2.45, 2.75) is 4.90 Å². The lowest BCUT2D eigenvalue weighted by atomic mass is 10.3. The molecule has 0 saturated heterocycles. The highest BCUT2D eigenvalue weighted by atomic mass is 79.9. The second-order valence-corrected chi connectivity index (χ2v) is 7.40. The SMILES string of the molecule is COc1cccc(NC(=O)CS(=O)(=O)c2cccc(Br)c2)c1. The average Bonchev–Trinajstić information content (AvgIpc) is 2.46. The summed E-state index contributed by atoms with van der Waals surface area (Å²) in [6, 6.07) is 13.0. The topological polar surface area (TPSA) is 72.5 Å². The zero-order valence-corrected chi connectivity index (χ0v) is 14.1. The van der Waals surface area contributed by atoms with Gasteiger partial charge >= 0.3 is 0 Å². The molecule has 1 amide bonds. The number of benzene rings is 2. The van der Waals surface area contributed by atoms with E-state index >= 15 is 0 Å². The van der Waals surface area contributed by atoms with Gasteiger partial charge in [0.15, 0.2) is 9.84 Å². The summed E-state index contributed by atoms with van der Waals surface area (Å²) in [6.45, 7) is 0. The number of amides is 1. The predicted molar refractivity (Wildman–Crippen MR) is 87.8 cm³/mol. The summed E-state index contributed by atoms with van der Waals surface area (Å²) in [5, 5.41) is 2.55. The van der Waals surface area contributed by atoms with Crippen molar-refractivity contribution in [2.75, 3.05) is 18.2 Å². The van der Waals surface area contributed by atoms with Crippen molar-refractivity contribution in [3.05, 3.63) is 53.0 Å². The maximum absolute atomic E-state index is 12.2. The first-order chi connectivity index (χ1) is 10.4. The fourth-order valence-corrected chi connectivity index (χ4v) is 3.54. The number of ether oxygens (including phenoxy) is 1. The number of sulfone groups is 1. The Hall–Kier alpha value is -1.86. The molecule has 0 heterocycles. The molecule has 0 saturated carbocycles. The lowest BCUT2D eigenvalue weighted by Crippen LogP contribution is -2.23. The number of nitrogens with one attached hydrogen (secondary N) is 1. The summed E-state index contributed by atoms with van der Waals surface area (Å²) in [4.78, 5) is 12.0. The average molecular weight is 384 g/mol. The first kappa shape index (κ1) is 16.5. The third-order valence-electron chi connectivity index (χ3n) is 2.83. The number of hydrogen-bond acceptors (Lipinski definition) is 4. The van der Waals surface area contributed by atoms with Crippen molar-refractivity contribution in [3.8, 4) is 5.75 Å². The van der Waals surface area contributed by atoms with Gasteiger partial charge in [0.1, 0.15) is 11.5 Å². The monoisotopic (exact) mass is 383 g/mol. The van der Waals surface area contributed by atoms with Gasteiger partial charge in [-0.3, -0.25) is 4.79 Å². The van der Waals surface area contributed by atoms with E-state index in [4.69, 9.17) is 4.74 Å². The summed E-state index contributed by atoms with van der Waals surface area (Å²) in [5.41, 5.74) is 0.480. The van der Waals surface area contributed by atoms with E-state index in [0.29, 0.717) is 15.9 Å². The van der Waals surface area contributed by atoms with Crippen LogP contribution < -0.4 is 10.1 Å². The van der Waals surface area contributed by atoms with E-state index in [1.54, 1.807) is 36.4 Å². The summed E-state index contributed by atoms with van der Waals surface area (Å²) in [7, 11) is -2.18. The van der Waals surface area contributed by atoms with Crippen molar-refractivity contribution >= 4 is 37.4 Å². The number of carbonyl (C=O) groups excluding carboxylic acids is 1. The Morgan fingerprint density at radius 3 is 2.59 bits per heavy atom. The van der Waals surface area contributed by atoms with Gasteiger partial charge in [-0.2, -0.15) is 0 Å². The fraction of sp³-hybridized carbons (Fsp3) is 0.133. The molecule has 0 fully saturated rings. The third-order valence-corrected chi connectivity index (χ3v) is 4.94. The molecule has 116 valence electrons. The Kier molecular flexibility index (Phi) is 5.20. The van der Waals surface area contributed by atoms with E-state index in [1.807, 2.05) is 0 Å². The maximum Gasteiger partial charge on any atom is 0.239 e. The molecule has 2 aromatic rings. The molecule has 0 aliphatic heterocycles. The molecule has 0 aromatic heterocycles. The standard InChI is InChI=1S/C15H14BrNO4S/c1-21-13-6-3-5-12(9-13)17-15(18)10-22(19,20)14-7-2-4-11(16)8-14/h2-9H,10H2,1H3,(H,17,18). The number of halogens is 1. The second-order valence-electron chi connectivity index (χ2n) is 4.50. The number of methoxy groups -OCH3 is 1. The molecule has 0 atom stereocenters. The molecular weight excluding hydrogens is 370 g/mol. The van der Waals surface area contributed by atoms with E-state index in [1.165, 1.54) is 19.2 Å². The fourth-order valence-electron chi connectivity index (χ4n) is 1.81. The summed E-state index contributed by atoms with van der Waals surface area (Å²) < 4.78 is 30.1. The van der Waals surface area contributed by atoms with Gasteiger partial charge in [0.05, 0.1) is 12.0 Å². The van der Waals surface area contributed by atoms with Gasteiger partial charge in [-0.05, 0) is 30.3 Å². The Balaban J connectivity index is 2.11. The lowest BCUT2D eigenvalue weighted by molar-refractivity contribution is -0.113. The minimum atomic E-state index is -3.69. The molecule has 0 aliphatic rings. The molecule has 0 unspecified atom stereocenters. The van der Waals surface area contributed by atoms with E-state index < -0.39 is 21.5 Å². The minimum absolute atomic E-state index is 0.0997. The van der Waals surface area contributed by atoms with Gasteiger partial charge in [0.2, 0.25) is 5.91 Å². The smallest absolute Gasteiger partial charge is 0.239 e. The molecule has 2 rings (SSSR count). The van der Waals surface area contributed by atoms with Crippen molar-refractivity contribution < 1.29 is 17.9 Å². The highest BCUT2D eigenvalue weighted by Gasteiger charge is 2.19. The van der Waals surface area contributed by atoms with Crippen molar-refractivity contribution in [2.24, 2.45) is 0 Å². The van der Waals surface area contributed by atoms with Crippen molar-refractivity contribution in [1.29, 1.82) is 0 Å². The third kappa shape index (κ3) is 4.32. The van der Waals surface area contributed by atoms with E-state index in [9.17, 15) is 13.2 Å². The largest absolute Gasteiger partial charge is 0.497 e. The first-order valence-electron chi connectivity index (χ1n) is 6.33. The normalized spacial score (nSPS) is 11.0. The van der Waals surface area contributed by atoms with Crippen LogP contribution in [0, 0.1) is 0 Å². The van der Waals surface area contributed by atoms with Gasteiger partial charge in [0, 0.05) is 16.2 Å². The van der Waals surface area contributed by atoms with Gasteiger partial charge < -0.3 is 10.1 Å². The summed E-state index contributed by atoms with van der Waals surface area (Å²) >= 11 is 3.21.